The van der Waals surface area contributed by atoms with Gasteiger partial charge in [-0.25, -0.2) is 18.6 Å². The van der Waals surface area contributed by atoms with Gasteiger partial charge in [-0.05, 0) is 54.4 Å². The maximum atomic E-state index is 15.4. The Morgan fingerprint density at radius 3 is 2.72 bits per heavy atom. The lowest BCUT2D eigenvalue weighted by atomic mass is 10.0. The van der Waals surface area contributed by atoms with Gasteiger partial charge >= 0.3 is 6.09 Å². The van der Waals surface area contributed by atoms with Gasteiger partial charge in [-0.2, -0.15) is 0 Å². The highest BCUT2D eigenvalue weighted by Crippen LogP contribution is 2.34. The van der Waals surface area contributed by atoms with Crippen molar-refractivity contribution in [1.29, 1.82) is 0 Å². The lowest BCUT2D eigenvalue weighted by Crippen LogP contribution is -2.46. The van der Waals surface area contributed by atoms with Crippen molar-refractivity contribution >= 4 is 34.9 Å². The van der Waals surface area contributed by atoms with Crippen LogP contribution in [0.1, 0.15) is 11.3 Å². The first-order valence-corrected chi connectivity index (χ1v) is 11.6. The fraction of sp³-hybridized carbons (Fsp3) is 0.280. The maximum Gasteiger partial charge on any atom is 0.409 e. The highest BCUT2D eigenvalue weighted by Gasteiger charge is 2.29. The summed E-state index contributed by atoms with van der Waals surface area (Å²) in [6, 6.07) is 9.13. The van der Waals surface area contributed by atoms with Crippen molar-refractivity contribution < 1.29 is 27.5 Å². The molecule has 1 aromatic carbocycles. The predicted octanol–water partition coefficient (Wildman–Crippen LogP) is 5.59. The van der Waals surface area contributed by atoms with Gasteiger partial charge in [0, 0.05) is 30.9 Å². The van der Waals surface area contributed by atoms with E-state index in [4.69, 9.17) is 25.5 Å². The van der Waals surface area contributed by atoms with Crippen molar-refractivity contribution in [3.05, 3.63) is 70.7 Å². The van der Waals surface area contributed by atoms with Gasteiger partial charge in [-0.1, -0.05) is 0 Å². The fourth-order valence-electron chi connectivity index (χ4n) is 4.34. The van der Waals surface area contributed by atoms with Crippen LogP contribution in [0.2, 0.25) is 5.22 Å². The lowest BCUT2D eigenvalue weighted by molar-refractivity contribution is -0.0241. The van der Waals surface area contributed by atoms with E-state index in [0.29, 0.717) is 24.5 Å². The number of hydrogen-bond donors (Lipinski definition) is 1. The van der Waals surface area contributed by atoms with Crippen molar-refractivity contribution in [1.82, 2.24) is 14.3 Å². The number of nitrogens with one attached hydrogen (secondary N) is 1. The van der Waals surface area contributed by atoms with E-state index in [0.717, 1.165) is 5.56 Å². The molecule has 4 aromatic rings. The quantitative estimate of drug-likeness (QED) is 0.372. The zero-order valence-electron chi connectivity index (χ0n) is 19.6. The number of amides is 1. The summed E-state index contributed by atoms with van der Waals surface area (Å²) in [5.41, 5.74) is 2.14. The average Bonchev–Trinajstić information content (AvgIpc) is 3.40. The van der Waals surface area contributed by atoms with Crippen LogP contribution in [0, 0.1) is 18.6 Å². The molecule has 0 saturated carbocycles. The molecule has 1 aliphatic heterocycles. The van der Waals surface area contributed by atoms with E-state index < -0.39 is 23.8 Å². The highest BCUT2D eigenvalue weighted by atomic mass is 35.5. The van der Waals surface area contributed by atoms with Crippen LogP contribution in [0.4, 0.5) is 25.1 Å². The normalized spacial score (nSPS) is 15.9. The van der Waals surface area contributed by atoms with E-state index in [2.05, 4.69) is 10.3 Å². The zero-order chi connectivity index (χ0) is 25.4. The van der Waals surface area contributed by atoms with E-state index in [-0.39, 0.29) is 41.0 Å². The van der Waals surface area contributed by atoms with Gasteiger partial charge in [0.15, 0.2) is 11.1 Å². The molecule has 3 aromatic heterocycles. The molecule has 36 heavy (non-hydrogen) atoms. The number of halogens is 3. The third kappa shape index (κ3) is 4.74. The number of nitrogens with zero attached hydrogens (tertiary/aromatic N) is 3. The van der Waals surface area contributed by atoms with E-state index >= 15 is 8.78 Å². The Balaban J connectivity index is 1.53. The van der Waals surface area contributed by atoms with Crippen LogP contribution in [-0.4, -0.2) is 53.3 Å². The number of anilines is 2. The van der Waals surface area contributed by atoms with Crippen LogP contribution in [0.3, 0.4) is 0 Å². The molecule has 0 bridgehead atoms. The molecule has 0 aliphatic carbocycles. The Kier molecular flexibility index (Phi) is 6.55. The largest absolute Gasteiger partial charge is 0.453 e. The molecule has 0 radical (unpaired) electrons. The SMILES string of the molecule is COC(=O)N1CCO[C@@H](Cc2c(-c3c(F)cc(Nc4ccc(Cl)o4)cc3F)nc3cc(C)ccn23)C1. The number of carbonyl (C=O) groups excluding carboxylic acids is 1. The van der Waals surface area contributed by atoms with Crippen LogP contribution in [-0.2, 0) is 15.9 Å². The number of benzene rings is 1. The standard InChI is InChI=1S/C25H23ClF2N4O4/c1-14-5-6-32-19(12-16-13-31(7-8-35-16)25(33)34-2)24(30-21(32)9-14)23-17(27)10-15(11-18(23)28)29-22-4-3-20(26)36-22/h3-6,9-11,16,29H,7-8,12-13H2,1-2H3/t16-/m0/s1. The summed E-state index contributed by atoms with van der Waals surface area (Å²) in [4.78, 5) is 18.1. The van der Waals surface area contributed by atoms with Gasteiger partial charge in [0.05, 0.1) is 43.3 Å². The summed E-state index contributed by atoms with van der Waals surface area (Å²) < 4.78 is 48.5. The van der Waals surface area contributed by atoms with Gasteiger partial charge in [0.25, 0.3) is 0 Å². The van der Waals surface area contributed by atoms with Crippen molar-refractivity contribution in [3.8, 4) is 11.3 Å². The second-order valence-electron chi connectivity index (χ2n) is 8.50. The highest BCUT2D eigenvalue weighted by molar-refractivity contribution is 6.29. The smallest absolute Gasteiger partial charge is 0.409 e. The molecule has 0 spiro atoms. The number of aromatic nitrogens is 2. The number of imidazole rings is 1. The third-order valence-corrected chi connectivity index (χ3v) is 6.20. The molecule has 1 amide bonds. The Morgan fingerprint density at radius 2 is 2.03 bits per heavy atom. The number of ether oxygens (including phenoxy) is 2. The van der Waals surface area contributed by atoms with E-state index in [1.165, 1.54) is 25.3 Å². The molecular weight excluding hydrogens is 494 g/mol. The molecule has 188 valence electrons. The molecular formula is C25H23ClF2N4O4. The summed E-state index contributed by atoms with van der Waals surface area (Å²) in [6.07, 6.45) is 1.23. The summed E-state index contributed by atoms with van der Waals surface area (Å²) in [6.45, 7) is 2.92. The fourth-order valence-corrected chi connectivity index (χ4v) is 4.49. The van der Waals surface area contributed by atoms with Crippen molar-refractivity contribution in [2.24, 2.45) is 0 Å². The number of carbonyl (C=O) groups is 1. The summed E-state index contributed by atoms with van der Waals surface area (Å²) >= 11 is 5.77. The van der Waals surface area contributed by atoms with Crippen molar-refractivity contribution in [3.63, 3.8) is 0 Å². The van der Waals surface area contributed by atoms with Crippen molar-refractivity contribution in [2.45, 2.75) is 19.4 Å². The minimum absolute atomic E-state index is 0.149. The van der Waals surface area contributed by atoms with Gasteiger partial charge in [-0.15, -0.1) is 0 Å². The Labute approximate surface area is 210 Å². The first-order chi connectivity index (χ1) is 17.3. The second kappa shape index (κ2) is 9.79. The minimum atomic E-state index is -0.794. The van der Waals surface area contributed by atoms with Crippen LogP contribution < -0.4 is 5.32 Å². The molecule has 1 saturated heterocycles. The molecule has 5 rings (SSSR count). The van der Waals surface area contributed by atoms with E-state index in [1.54, 1.807) is 15.4 Å². The topological polar surface area (TPSA) is 81.2 Å². The molecule has 8 nitrogen and oxygen atoms in total. The van der Waals surface area contributed by atoms with Crippen LogP contribution in [0.15, 0.2) is 47.0 Å². The number of aryl methyl sites for hydroxylation is 1. The number of furan rings is 1. The summed E-state index contributed by atoms with van der Waals surface area (Å²) in [5.74, 6) is -1.34. The molecule has 1 aliphatic rings. The number of morpholine rings is 1. The van der Waals surface area contributed by atoms with Gasteiger partial charge < -0.3 is 28.5 Å². The number of pyridine rings is 1. The van der Waals surface area contributed by atoms with Crippen LogP contribution in [0.5, 0.6) is 0 Å². The number of rotatable bonds is 5. The zero-order valence-corrected chi connectivity index (χ0v) is 20.3. The van der Waals surface area contributed by atoms with E-state index in [1.807, 2.05) is 25.3 Å². The Morgan fingerprint density at radius 1 is 1.25 bits per heavy atom. The number of methoxy groups -OCH3 is 1. The molecule has 4 heterocycles. The maximum absolute atomic E-state index is 15.4. The average molecular weight is 517 g/mol. The number of fused-ring (bicyclic) bond motifs is 1. The first-order valence-electron chi connectivity index (χ1n) is 11.3. The van der Waals surface area contributed by atoms with Crippen LogP contribution in [0.25, 0.3) is 16.9 Å². The Hall–Kier alpha value is -3.63. The predicted molar refractivity (Wildman–Crippen MR) is 130 cm³/mol. The molecule has 1 N–H and O–H groups in total. The molecule has 11 heteroatoms. The van der Waals surface area contributed by atoms with E-state index in [9.17, 15) is 4.79 Å². The molecule has 0 unspecified atom stereocenters. The monoisotopic (exact) mass is 516 g/mol. The summed E-state index contributed by atoms with van der Waals surface area (Å²) in [7, 11) is 1.32. The first kappa shape index (κ1) is 24.1. The Bertz CT molecular complexity index is 1410. The summed E-state index contributed by atoms with van der Waals surface area (Å²) in [5, 5.41) is 2.94. The van der Waals surface area contributed by atoms with Gasteiger partial charge in [0.1, 0.15) is 17.3 Å². The van der Waals surface area contributed by atoms with Crippen LogP contribution >= 0.6 is 11.6 Å². The third-order valence-electron chi connectivity index (χ3n) is 5.99. The minimum Gasteiger partial charge on any atom is -0.453 e. The molecule has 1 fully saturated rings. The van der Waals surface area contributed by atoms with Crippen molar-refractivity contribution in [2.75, 3.05) is 32.1 Å². The second-order valence-corrected chi connectivity index (χ2v) is 8.87. The van der Waals surface area contributed by atoms with Gasteiger partial charge in [-0.3, -0.25) is 0 Å². The molecule has 1 atom stereocenters. The number of hydrogen-bond acceptors (Lipinski definition) is 6. The lowest BCUT2D eigenvalue weighted by Gasteiger charge is -2.32. The van der Waals surface area contributed by atoms with Gasteiger partial charge in [0.2, 0.25) is 0 Å².